The lowest BCUT2D eigenvalue weighted by Gasteiger charge is -2.43. The van der Waals surface area contributed by atoms with Gasteiger partial charge in [0.05, 0.1) is 19.3 Å². The monoisotopic (exact) mass is 354 g/mol. The number of hydrogen-bond donors (Lipinski definition) is 0. The lowest BCUT2D eigenvalue weighted by atomic mass is 9.77. The molecule has 0 aliphatic carbocycles. The summed E-state index contributed by atoms with van der Waals surface area (Å²) >= 11 is 0. The fourth-order valence-corrected chi connectivity index (χ4v) is 3.84. The van der Waals surface area contributed by atoms with E-state index in [2.05, 4.69) is 15.0 Å². The number of pyridine rings is 1. The molecule has 7 heteroatoms. The maximum absolute atomic E-state index is 12.7. The summed E-state index contributed by atoms with van der Waals surface area (Å²) in [4.78, 5) is 26.9. The predicted octanol–water partition coefficient (Wildman–Crippen LogP) is 1.71. The zero-order valence-corrected chi connectivity index (χ0v) is 14.6. The van der Waals surface area contributed by atoms with Crippen LogP contribution in [0.15, 0.2) is 43.0 Å². The topological polar surface area (TPSA) is 77.4 Å². The van der Waals surface area contributed by atoms with Gasteiger partial charge >= 0.3 is 0 Å². The SMILES string of the molecule is O=C(c1ncccn1)N1CC[C@@H]2OCC[C@]2(COCc2cccnc2)C1. The molecule has 7 nitrogen and oxygen atoms in total. The molecule has 26 heavy (non-hydrogen) atoms. The van der Waals surface area contributed by atoms with E-state index in [0.29, 0.717) is 32.9 Å². The van der Waals surface area contributed by atoms with Crippen LogP contribution in [0.3, 0.4) is 0 Å². The third-order valence-electron chi connectivity index (χ3n) is 5.19. The van der Waals surface area contributed by atoms with Gasteiger partial charge in [-0.3, -0.25) is 9.78 Å². The van der Waals surface area contributed by atoms with Crippen molar-refractivity contribution in [2.45, 2.75) is 25.6 Å². The van der Waals surface area contributed by atoms with Gasteiger partial charge in [-0.05, 0) is 30.5 Å². The lowest BCUT2D eigenvalue weighted by molar-refractivity contribution is -0.0604. The first-order chi connectivity index (χ1) is 12.8. The molecule has 2 aliphatic rings. The molecule has 2 saturated heterocycles. The van der Waals surface area contributed by atoms with Gasteiger partial charge in [-0.15, -0.1) is 0 Å². The second-order valence-electron chi connectivity index (χ2n) is 6.91. The Morgan fingerprint density at radius 2 is 2.19 bits per heavy atom. The fourth-order valence-electron chi connectivity index (χ4n) is 3.84. The van der Waals surface area contributed by atoms with Crippen LogP contribution in [0.25, 0.3) is 0 Å². The largest absolute Gasteiger partial charge is 0.377 e. The summed E-state index contributed by atoms with van der Waals surface area (Å²) in [5.41, 5.74) is 0.881. The number of likely N-dealkylation sites (tertiary alicyclic amines) is 1. The second kappa shape index (κ2) is 7.47. The molecule has 2 aliphatic heterocycles. The van der Waals surface area contributed by atoms with Crippen LogP contribution < -0.4 is 0 Å². The van der Waals surface area contributed by atoms with Crippen LogP contribution in [0, 0.1) is 5.41 Å². The summed E-state index contributed by atoms with van der Waals surface area (Å²) in [6.07, 6.45) is 8.59. The van der Waals surface area contributed by atoms with Gasteiger partial charge in [0.25, 0.3) is 5.91 Å². The number of piperidine rings is 1. The fraction of sp³-hybridized carbons (Fsp3) is 0.474. The number of aromatic nitrogens is 3. The van der Waals surface area contributed by atoms with Crippen LogP contribution in [0.2, 0.25) is 0 Å². The highest BCUT2D eigenvalue weighted by Gasteiger charge is 2.49. The van der Waals surface area contributed by atoms with Gasteiger partial charge in [0.15, 0.2) is 0 Å². The average molecular weight is 354 g/mol. The van der Waals surface area contributed by atoms with Gasteiger partial charge in [-0.2, -0.15) is 0 Å². The maximum atomic E-state index is 12.7. The zero-order valence-electron chi connectivity index (χ0n) is 14.6. The van der Waals surface area contributed by atoms with Crippen LogP contribution >= 0.6 is 0 Å². The Kier molecular flexibility index (Phi) is 4.90. The standard InChI is InChI=1S/C19H22N4O3/c24-18(17-21-7-2-8-22-17)23-9-4-16-19(13-23,5-10-26-16)14-25-12-15-3-1-6-20-11-15/h1-3,6-8,11,16H,4-5,9-10,12-14H2/t16-,19+/m0/s1. The van der Waals surface area contributed by atoms with E-state index in [9.17, 15) is 4.79 Å². The quantitative estimate of drug-likeness (QED) is 0.813. The Labute approximate surface area is 152 Å². The van der Waals surface area contributed by atoms with E-state index in [4.69, 9.17) is 9.47 Å². The van der Waals surface area contributed by atoms with Crippen molar-refractivity contribution in [1.29, 1.82) is 0 Å². The van der Waals surface area contributed by atoms with E-state index < -0.39 is 0 Å². The first-order valence-electron chi connectivity index (χ1n) is 8.91. The maximum Gasteiger partial charge on any atom is 0.291 e. The van der Waals surface area contributed by atoms with Gasteiger partial charge in [-0.25, -0.2) is 9.97 Å². The van der Waals surface area contributed by atoms with Crippen molar-refractivity contribution in [2.24, 2.45) is 5.41 Å². The molecule has 0 unspecified atom stereocenters. The van der Waals surface area contributed by atoms with E-state index >= 15 is 0 Å². The summed E-state index contributed by atoms with van der Waals surface area (Å²) in [6.45, 7) is 3.06. The molecule has 0 bridgehead atoms. The summed E-state index contributed by atoms with van der Waals surface area (Å²) in [6, 6.07) is 5.61. The number of rotatable bonds is 5. The third-order valence-corrected chi connectivity index (χ3v) is 5.19. The van der Waals surface area contributed by atoms with Gasteiger partial charge in [0.2, 0.25) is 5.82 Å². The number of carbonyl (C=O) groups excluding carboxylic acids is 1. The summed E-state index contributed by atoms with van der Waals surface area (Å²) in [5, 5.41) is 0. The van der Waals surface area contributed by atoms with E-state index in [-0.39, 0.29) is 23.3 Å². The van der Waals surface area contributed by atoms with Crippen molar-refractivity contribution in [3.8, 4) is 0 Å². The van der Waals surface area contributed by atoms with Crippen LogP contribution in [0.5, 0.6) is 0 Å². The molecule has 2 atom stereocenters. The highest BCUT2D eigenvalue weighted by molar-refractivity contribution is 5.90. The van der Waals surface area contributed by atoms with E-state index in [1.165, 1.54) is 0 Å². The molecule has 0 aromatic carbocycles. The molecule has 0 spiro atoms. The molecule has 0 N–H and O–H groups in total. The van der Waals surface area contributed by atoms with Crippen LogP contribution in [-0.4, -0.2) is 58.2 Å². The number of hydrogen-bond acceptors (Lipinski definition) is 6. The van der Waals surface area contributed by atoms with Crippen LogP contribution in [-0.2, 0) is 16.1 Å². The van der Waals surface area contributed by atoms with Crippen molar-refractivity contribution in [1.82, 2.24) is 19.9 Å². The lowest BCUT2D eigenvalue weighted by Crippen LogP contribution is -2.53. The van der Waals surface area contributed by atoms with E-state index in [0.717, 1.165) is 18.4 Å². The van der Waals surface area contributed by atoms with Crippen molar-refractivity contribution in [3.63, 3.8) is 0 Å². The molecule has 4 rings (SSSR count). The molecule has 136 valence electrons. The summed E-state index contributed by atoms with van der Waals surface area (Å²) in [7, 11) is 0. The smallest absolute Gasteiger partial charge is 0.291 e. The first-order valence-corrected chi connectivity index (χ1v) is 8.91. The van der Waals surface area contributed by atoms with E-state index in [1.54, 1.807) is 24.7 Å². The third kappa shape index (κ3) is 3.45. The number of carbonyl (C=O) groups is 1. The first kappa shape index (κ1) is 17.1. The Hall–Kier alpha value is -2.38. The molecule has 4 heterocycles. The molecule has 2 fully saturated rings. The van der Waals surface area contributed by atoms with Gasteiger partial charge in [0, 0.05) is 49.9 Å². The van der Waals surface area contributed by atoms with Crippen molar-refractivity contribution in [3.05, 3.63) is 54.4 Å². The number of nitrogens with zero attached hydrogens (tertiary/aromatic N) is 4. The summed E-state index contributed by atoms with van der Waals surface area (Å²) in [5.74, 6) is 0.124. The Bertz CT molecular complexity index is 743. The Morgan fingerprint density at radius 3 is 3.00 bits per heavy atom. The molecule has 1 amide bonds. The highest BCUT2D eigenvalue weighted by atomic mass is 16.5. The van der Waals surface area contributed by atoms with Gasteiger partial charge in [0.1, 0.15) is 0 Å². The zero-order chi connectivity index (χ0) is 17.8. The molecule has 2 aromatic heterocycles. The average Bonchev–Trinajstić information content (AvgIpc) is 3.12. The van der Waals surface area contributed by atoms with Crippen molar-refractivity contribution in [2.75, 3.05) is 26.3 Å². The minimum absolute atomic E-state index is 0.123. The van der Waals surface area contributed by atoms with Crippen molar-refractivity contribution < 1.29 is 14.3 Å². The summed E-state index contributed by atoms with van der Waals surface area (Å²) < 4.78 is 11.9. The predicted molar refractivity (Wildman–Crippen MR) is 93.2 cm³/mol. The Balaban J connectivity index is 1.43. The normalized spacial score (nSPS) is 25.1. The van der Waals surface area contributed by atoms with Crippen LogP contribution in [0.4, 0.5) is 0 Å². The minimum atomic E-state index is -0.162. The number of ether oxygens (including phenoxy) is 2. The van der Waals surface area contributed by atoms with Crippen LogP contribution in [0.1, 0.15) is 29.0 Å². The molecular weight excluding hydrogens is 332 g/mol. The van der Waals surface area contributed by atoms with Gasteiger partial charge < -0.3 is 14.4 Å². The minimum Gasteiger partial charge on any atom is -0.377 e. The molecule has 2 aromatic rings. The molecule has 0 radical (unpaired) electrons. The van der Waals surface area contributed by atoms with Gasteiger partial charge in [-0.1, -0.05) is 6.07 Å². The molecule has 0 saturated carbocycles. The number of fused-ring (bicyclic) bond motifs is 1. The molecular formula is C19H22N4O3. The highest BCUT2D eigenvalue weighted by Crippen LogP contribution is 2.41. The second-order valence-corrected chi connectivity index (χ2v) is 6.91. The Morgan fingerprint density at radius 1 is 1.31 bits per heavy atom. The van der Waals surface area contributed by atoms with E-state index in [1.807, 2.05) is 23.2 Å². The van der Waals surface area contributed by atoms with Crippen molar-refractivity contribution >= 4 is 5.91 Å². The number of amides is 1.